The molecule has 0 heterocycles. The van der Waals surface area contributed by atoms with E-state index in [1.165, 1.54) is 11.8 Å². The van der Waals surface area contributed by atoms with E-state index in [0.29, 0.717) is 4.20 Å². The van der Waals surface area contributed by atoms with E-state index in [9.17, 15) is 5.26 Å². The molecule has 102 valence electrons. The Morgan fingerprint density at radius 3 is 2.50 bits per heavy atom. The molecule has 0 spiro atoms. The van der Waals surface area contributed by atoms with Gasteiger partial charge in [-0.2, -0.15) is 5.26 Å². The minimum Gasteiger partial charge on any atom is -0.497 e. The van der Waals surface area contributed by atoms with E-state index in [1.807, 2.05) is 24.3 Å². The molecule has 1 rings (SSSR count). The van der Waals surface area contributed by atoms with Crippen molar-refractivity contribution in [1.29, 1.82) is 5.26 Å². The van der Waals surface area contributed by atoms with Gasteiger partial charge >= 0.3 is 0 Å². The van der Waals surface area contributed by atoms with Crippen LogP contribution in [0.5, 0.6) is 5.75 Å². The normalized spacial score (nSPS) is 12.1. The van der Waals surface area contributed by atoms with Crippen LogP contribution in [0.3, 0.4) is 0 Å². The first-order valence-corrected chi connectivity index (χ1v) is 7.14. The first-order chi connectivity index (χ1) is 9.65. The molecule has 1 atom stereocenters. The number of hydrogen-bond donors (Lipinski definition) is 0. The average molecular weight is 301 g/mol. The van der Waals surface area contributed by atoms with Crippen molar-refractivity contribution in [1.82, 2.24) is 0 Å². The van der Waals surface area contributed by atoms with Crippen molar-refractivity contribution < 1.29 is 4.74 Å². The molecule has 0 fully saturated rings. The molecule has 0 N–H and O–H groups in total. The smallest absolute Gasteiger partial charge is 0.122 e. The summed E-state index contributed by atoms with van der Waals surface area (Å²) in [5, 5.41) is 8.87. The lowest BCUT2D eigenvalue weighted by molar-refractivity contribution is 0.415. The van der Waals surface area contributed by atoms with Crippen molar-refractivity contribution in [2.75, 3.05) is 7.11 Å². The van der Waals surface area contributed by atoms with Gasteiger partial charge in [-0.05, 0) is 35.4 Å². The Hall–Kier alpha value is -1.83. The molecule has 2 nitrogen and oxygen atoms in total. The third-order valence-electron chi connectivity index (χ3n) is 2.52. The zero-order valence-corrected chi connectivity index (χ0v) is 12.8. The highest BCUT2D eigenvalue weighted by Crippen LogP contribution is 2.26. The van der Waals surface area contributed by atoms with E-state index < -0.39 is 0 Å². The first-order valence-electron chi connectivity index (χ1n) is 5.86. The molecule has 0 amide bonds. The zero-order chi connectivity index (χ0) is 15.0. The fourth-order valence-electron chi connectivity index (χ4n) is 1.47. The maximum absolute atomic E-state index is 9.26. The summed E-state index contributed by atoms with van der Waals surface area (Å²) in [6, 6.07) is 9.68. The van der Waals surface area contributed by atoms with Gasteiger partial charge in [-0.25, -0.2) is 0 Å². The number of nitriles is 1. The Kier molecular flexibility index (Phi) is 6.78. The summed E-state index contributed by atoms with van der Waals surface area (Å²) in [7, 11) is 1.62. The molecule has 0 saturated heterocycles. The average Bonchev–Trinajstić information content (AvgIpc) is 2.50. The summed E-state index contributed by atoms with van der Waals surface area (Å²) >= 11 is 6.70. The van der Waals surface area contributed by atoms with Gasteiger partial charge in [-0.3, -0.25) is 0 Å². The summed E-state index contributed by atoms with van der Waals surface area (Å²) in [5.41, 5.74) is 1.69. The van der Waals surface area contributed by atoms with Gasteiger partial charge in [0.15, 0.2) is 0 Å². The van der Waals surface area contributed by atoms with Crippen LogP contribution in [0.2, 0.25) is 0 Å². The van der Waals surface area contributed by atoms with Crippen LogP contribution in [0.4, 0.5) is 0 Å². The fourth-order valence-corrected chi connectivity index (χ4v) is 2.74. The summed E-state index contributed by atoms with van der Waals surface area (Å²) in [5.74, 6) is 0.775. The molecular formula is C16H15NOS2. The highest BCUT2D eigenvalue weighted by atomic mass is 32.2. The third-order valence-corrected chi connectivity index (χ3v) is 4.10. The van der Waals surface area contributed by atoms with Gasteiger partial charge in [-0.15, -0.1) is 0 Å². The van der Waals surface area contributed by atoms with Crippen molar-refractivity contribution >= 4 is 28.2 Å². The van der Waals surface area contributed by atoms with Crippen LogP contribution >= 0.6 is 24.0 Å². The molecule has 0 radical (unpaired) electrons. The van der Waals surface area contributed by atoms with Gasteiger partial charge in [0.25, 0.3) is 0 Å². The van der Waals surface area contributed by atoms with Crippen LogP contribution in [0, 0.1) is 11.3 Å². The number of allylic oxidation sites excluding steroid dienone is 3. The minimum atomic E-state index is -0.389. The number of thioether (sulfide) groups is 1. The molecular weight excluding hydrogens is 286 g/mol. The minimum absolute atomic E-state index is 0.389. The van der Waals surface area contributed by atoms with Gasteiger partial charge in [0, 0.05) is 0 Å². The first kappa shape index (κ1) is 16.2. The van der Waals surface area contributed by atoms with Gasteiger partial charge in [-0.1, -0.05) is 55.4 Å². The number of nitrogens with zero attached hydrogens (tertiary/aromatic N) is 1. The molecule has 0 aliphatic carbocycles. The Bertz CT molecular complexity index is 567. The van der Waals surface area contributed by atoms with Crippen LogP contribution in [0.1, 0.15) is 5.56 Å². The van der Waals surface area contributed by atoms with Crippen molar-refractivity contribution in [3.8, 4) is 11.8 Å². The van der Waals surface area contributed by atoms with Gasteiger partial charge in [0.05, 0.1) is 17.4 Å². The zero-order valence-electron chi connectivity index (χ0n) is 11.2. The van der Waals surface area contributed by atoms with E-state index in [1.54, 1.807) is 25.3 Å². The Morgan fingerprint density at radius 1 is 1.40 bits per heavy atom. The number of thiocarbonyl (C=S) groups is 1. The number of ether oxygens (including phenoxy) is 1. The van der Waals surface area contributed by atoms with E-state index in [4.69, 9.17) is 17.0 Å². The van der Waals surface area contributed by atoms with E-state index >= 15 is 0 Å². The second-order valence-electron chi connectivity index (χ2n) is 3.75. The SMILES string of the molecule is C=C/C=C(\C=C)C(C#N)SC(=S)c1ccc(OC)cc1. The lowest BCUT2D eigenvalue weighted by Crippen LogP contribution is -2.06. The summed E-state index contributed by atoms with van der Waals surface area (Å²) < 4.78 is 5.77. The van der Waals surface area contributed by atoms with Gasteiger partial charge < -0.3 is 4.74 Å². The van der Waals surface area contributed by atoms with E-state index in [-0.39, 0.29) is 5.25 Å². The standard InChI is InChI=1S/C16H15NOS2/c1-4-6-12(5-2)15(11-17)20-16(19)13-7-9-14(18-3)10-8-13/h4-10,15H,1-2H2,3H3/b12-6+. The Labute approximate surface area is 129 Å². The third kappa shape index (κ3) is 4.37. The topological polar surface area (TPSA) is 33.0 Å². The highest BCUT2D eigenvalue weighted by Gasteiger charge is 2.15. The molecule has 1 unspecified atom stereocenters. The van der Waals surface area contributed by atoms with Crippen molar-refractivity contribution in [2.24, 2.45) is 0 Å². The maximum atomic E-state index is 9.26. The second kappa shape index (κ2) is 8.36. The number of methoxy groups -OCH3 is 1. The Balaban J connectivity index is 2.86. The summed E-state index contributed by atoms with van der Waals surface area (Å²) in [4.78, 5) is 0. The lowest BCUT2D eigenvalue weighted by atomic mass is 10.2. The van der Waals surface area contributed by atoms with E-state index in [2.05, 4.69) is 19.2 Å². The fraction of sp³-hybridized carbons (Fsp3) is 0.125. The largest absolute Gasteiger partial charge is 0.497 e. The molecule has 0 aliphatic heterocycles. The summed E-state index contributed by atoms with van der Waals surface area (Å²) in [6.45, 7) is 7.34. The molecule has 1 aromatic carbocycles. The molecule has 0 bridgehead atoms. The Morgan fingerprint density at radius 2 is 2.05 bits per heavy atom. The van der Waals surface area contributed by atoms with Crippen molar-refractivity contribution in [3.05, 3.63) is 66.8 Å². The van der Waals surface area contributed by atoms with Gasteiger partial charge in [0.2, 0.25) is 0 Å². The van der Waals surface area contributed by atoms with E-state index in [0.717, 1.165) is 16.9 Å². The number of benzene rings is 1. The molecule has 1 aromatic rings. The van der Waals surface area contributed by atoms with Gasteiger partial charge in [0.1, 0.15) is 11.0 Å². The molecule has 4 heteroatoms. The highest BCUT2D eigenvalue weighted by molar-refractivity contribution is 8.24. The van der Waals surface area contributed by atoms with Crippen LogP contribution in [-0.4, -0.2) is 16.6 Å². The van der Waals surface area contributed by atoms with Crippen LogP contribution in [0.15, 0.2) is 61.2 Å². The predicted octanol–water partition coefficient (Wildman–Crippen LogP) is 4.29. The van der Waals surface area contributed by atoms with Crippen LogP contribution < -0.4 is 4.74 Å². The van der Waals surface area contributed by atoms with Crippen LogP contribution in [0.25, 0.3) is 0 Å². The number of rotatable bonds is 6. The summed E-state index contributed by atoms with van der Waals surface area (Å²) in [6.07, 6.45) is 5.06. The second-order valence-corrected chi connectivity index (χ2v) is 5.53. The molecule has 0 aromatic heterocycles. The monoisotopic (exact) mass is 301 g/mol. The molecule has 0 aliphatic rings. The van der Waals surface area contributed by atoms with Crippen LogP contribution in [-0.2, 0) is 0 Å². The van der Waals surface area contributed by atoms with Crippen molar-refractivity contribution in [3.63, 3.8) is 0 Å². The lowest BCUT2D eigenvalue weighted by Gasteiger charge is -2.11. The molecule has 20 heavy (non-hydrogen) atoms. The van der Waals surface area contributed by atoms with Crippen molar-refractivity contribution in [2.45, 2.75) is 5.25 Å². The quantitative estimate of drug-likeness (QED) is 0.579. The maximum Gasteiger partial charge on any atom is 0.122 e. The number of hydrogen-bond acceptors (Lipinski definition) is 4. The predicted molar refractivity (Wildman–Crippen MR) is 90.2 cm³/mol. The molecule has 0 saturated carbocycles.